The smallest absolute Gasteiger partial charge is 0.272 e. The molecule has 3 aromatic rings. The molecule has 140 valence electrons. The number of aromatic nitrogens is 4. The van der Waals surface area contributed by atoms with Gasteiger partial charge in [0.25, 0.3) is 5.91 Å². The van der Waals surface area contributed by atoms with Gasteiger partial charge in [0.15, 0.2) is 5.69 Å². The van der Waals surface area contributed by atoms with E-state index in [-0.39, 0.29) is 11.7 Å². The molecule has 27 heavy (non-hydrogen) atoms. The van der Waals surface area contributed by atoms with Gasteiger partial charge in [-0.15, -0.1) is 0 Å². The molecule has 0 saturated carbocycles. The first kappa shape index (κ1) is 17.5. The monoisotopic (exact) mass is 367 g/mol. The number of nitrogens with one attached hydrogen (secondary N) is 1. The Balaban J connectivity index is 1.47. The summed E-state index contributed by atoms with van der Waals surface area (Å²) in [6.45, 7) is 3.31. The summed E-state index contributed by atoms with van der Waals surface area (Å²) in [6, 6.07) is 6.53. The van der Waals surface area contributed by atoms with Crippen molar-refractivity contribution in [3.05, 3.63) is 65.3 Å². The lowest BCUT2D eigenvalue weighted by molar-refractivity contribution is 0.0946. The summed E-state index contributed by atoms with van der Waals surface area (Å²) in [6.07, 6.45) is 7.08. The molecule has 2 aromatic heterocycles. The van der Waals surface area contributed by atoms with E-state index in [0.29, 0.717) is 17.9 Å². The maximum absolute atomic E-state index is 14.2. The van der Waals surface area contributed by atoms with E-state index in [1.54, 1.807) is 29.1 Å². The summed E-state index contributed by atoms with van der Waals surface area (Å²) >= 11 is 0. The van der Waals surface area contributed by atoms with Crippen molar-refractivity contribution in [2.75, 3.05) is 6.54 Å². The van der Waals surface area contributed by atoms with Gasteiger partial charge in [0.05, 0.1) is 0 Å². The van der Waals surface area contributed by atoms with Gasteiger partial charge in [0.2, 0.25) is 0 Å². The van der Waals surface area contributed by atoms with E-state index in [1.807, 2.05) is 13.1 Å². The first-order valence-electron chi connectivity index (χ1n) is 9.27. The Morgan fingerprint density at radius 2 is 2.15 bits per heavy atom. The van der Waals surface area contributed by atoms with Gasteiger partial charge in [0.1, 0.15) is 17.3 Å². The van der Waals surface area contributed by atoms with E-state index < -0.39 is 0 Å². The zero-order valence-electron chi connectivity index (χ0n) is 15.3. The van der Waals surface area contributed by atoms with E-state index in [9.17, 15) is 9.18 Å². The van der Waals surface area contributed by atoms with Crippen molar-refractivity contribution in [1.29, 1.82) is 0 Å². The standard InChI is InChI=1S/C20H22FN5O/c1-14-22-11-13-25(14)12-5-10-23-20(27)19-15-6-4-9-17(15)26(24-19)18-8-3-2-7-16(18)21/h2-3,7-8,11,13H,4-6,9-10,12H2,1H3,(H,23,27). The van der Waals surface area contributed by atoms with Gasteiger partial charge in [0, 0.05) is 36.7 Å². The van der Waals surface area contributed by atoms with Crippen LogP contribution >= 0.6 is 0 Å². The number of carbonyl (C=O) groups is 1. The van der Waals surface area contributed by atoms with Crippen LogP contribution in [0.15, 0.2) is 36.7 Å². The van der Waals surface area contributed by atoms with Gasteiger partial charge in [-0.3, -0.25) is 4.79 Å². The van der Waals surface area contributed by atoms with Gasteiger partial charge in [-0.05, 0) is 44.7 Å². The highest BCUT2D eigenvalue weighted by molar-refractivity contribution is 5.94. The van der Waals surface area contributed by atoms with Crippen LogP contribution in [0.5, 0.6) is 0 Å². The Morgan fingerprint density at radius 3 is 2.93 bits per heavy atom. The average Bonchev–Trinajstić information content (AvgIpc) is 3.36. The maximum atomic E-state index is 14.2. The Bertz CT molecular complexity index is 975. The van der Waals surface area contributed by atoms with Crippen LogP contribution < -0.4 is 5.32 Å². The number of fused-ring (bicyclic) bond motifs is 1. The summed E-state index contributed by atoms with van der Waals surface area (Å²) < 4.78 is 17.9. The molecule has 0 aliphatic heterocycles. The molecule has 0 spiro atoms. The molecule has 6 nitrogen and oxygen atoms in total. The number of carbonyl (C=O) groups excluding carboxylic acids is 1. The van der Waals surface area contributed by atoms with E-state index in [2.05, 4.69) is 20.0 Å². The van der Waals surface area contributed by atoms with Crippen LogP contribution in [0, 0.1) is 12.7 Å². The van der Waals surface area contributed by atoms with Gasteiger partial charge in [-0.2, -0.15) is 5.10 Å². The first-order chi connectivity index (χ1) is 13.1. The number of halogens is 1. The van der Waals surface area contributed by atoms with Crippen LogP contribution in [0.4, 0.5) is 4.39 Å². The van der Waals surface area contributed by atoms with Crippen LogP contribution in [0.25, 0.3) is 5.69 Å². The number of para-hydroxylation sites is 1. The molecule has 1 amide bonds. The van der Waals surface area contributed by atoms with E-state index in [4.69, 9.17) is 0 Å². The summed E-state index contributed by atoms with van der Waals surface area (Å²) in [5.74, 6) is 0.436. The second kappa shape index (κ2) is 7.34. The number of amides is 1. The fraction of sp³-hybridized carbons (Fsp3) is 0.350. The molecule has 0 bridgehead atoms. The molecule has 4 rings (SSSR count). The summed E-state index contributed by atoms with van der Waals surface area (Å²) in [5.41, 5.74) is 2.70. The van der Waals surface area contributed by atoms with Gasteiger partial charge in [-0.25, -0.2) is 14.1 Å². The minimum atomic E-state index is -0.336. The van der Waals surface area contributed by atoms with Crippen LogP contribution in [0.1, 0.15) is 40.4 Å². The number of hydrogen-bond donors (Lipinski definition) is 1. The molecule has 0 fully saturated rings. The predicted octanol–water partition coefficient (Wildman–Crippen LogP) is 2.83. The maximum Gasteiger partial charge on any atom is 0.272 e. The molecule has 0 atom stereocenters. The predicted molar refractivity (Wildman–Crippen MR) is 99.5 cm³/mol. The van der Waals surface area contributed by atoms with Crippen LogP contribution in [0.2, 0.25) is 0 Å². The number of imidazole rings is 1. The van der Waals surface area contributed by atoms with Crippen molar-refractivity contribution in [3.8, 4) is 5.69 Å². The molecule has 1 aliphatic carbocycles. The van der Waals surface area contributed by atoms with E-state index >= 15 is 0 Å². The summed E-state index contributed by atoms with van der Waals surface area (Å²) in [5, 5.41) is 7.40. The Labute approximate surface area is 157 Å². The molecular formula is C20H22FN5O. The zero-order chi connectivity index (χ0) is 18.8. The minimum absolute atomic E-state index is 0.189. The lowest BCUT2D eigenvalue weighted by atomic mass is 10.2. The SMILES string of the molecule is Cc1nccn1CCCNC(=O)c1nn(-c2ccccc2F)c2c1CCC2. The molecule has 0 unspecified atom stereocenters. The fourth-order valence-electron chi connectivity index (χ4n) is 3.62. The lowest BCUT2D eigenvalue weighted by Crippen LogP contribution is -2.26. The molecule has 1 N–H and O–H groups in total. The lowest BCUT2D eigenvalue weighted by Gasteiger charge is -2.07. The van der Waals surface area contributed by atoms with Gasteiger partial charge in [-0.1, -0.05) is 12.1 Å². The molecular weight excluding hydrogens is 345 g/mol. The fourth-order valence-corrected chi connectivity index (χ4v) is 3.62. The molecule has 0 radical (unpaired) electrons. The highest BCUT2D eigenvalue weighted by atomic mass is 19.1. The summed E-state index contributed by atoms with van der Waals surface area (Å²) in [7, 11) is 0. The molecule has 1 aliphatic rings. The second-order valence-corrected chi connectivity index (χ2v) is 6.77. The number of rotatable bonds is 6. The molecule has 1 aromatic carbocycles. The first-order valence-corrected chi connectivity index (χ1v) is 9.27. The van der Waals surface area contributed by atoms with Gasteiger partial charge >= 0.3 is 0 Å². The number of aryl methyl sites for hydroxylation is 2. The van der Waals surface area contributed by atoms with Crippen molar-refractivity contribution >= 4 is 5.91 Å². The third-order valence-electron chi connectivity index (χ3n) is 5.01. The minimum Gasteiger partial charge on any atom is -0.351 e. The summed E-state index contributed by atoms with van der Waals surface area (Å²) in [4.78, 5) is 16.9. The highest BCUT2D eigenvalue weighted by Crippen LogP contribution is 2.28. The van der Waals surface area contributed by atoms with Gasteiger partial charge < -0.3 is 9.88 Å². The van der Waals surface area contributed by atoms with Crippen LogP contribution in [-0.4, -0.2) is 31.8 Å². The number of nitrogens with zero attached hydrogens (tertiary/aromatic N) is 4. The number of benzene rings is 1. The quantitative estimate of drug-likeness (QED) is 0.682. The van der Waals surface area contributed by atoms with E-state index in [1.165, 1.54) is 6.07 Å². The van der Waals surface area contributed by atoms with Crippen LogP contribution in [0.3, 0.4) is 0 Å². The molecule has 0 saturated heterocycles. The normalized spacial score (nSPS) is 13.0. The largest absolute Gasteiger partial charge is 0.351 e. The number of hydrogen-bond acceptors (Lipinski definition) is 3. The third kappa shape index (κ3) is 3.37. The highest BCUT2D eigenvalue weighted by Gasteiger charge is 2.27. The Morgan fingerprint density at radius 1 is 1.30 bits per heavy atom. The third-order valence-corrected chi connectivity index (χ3v) is 5.01. The topological polar surface area (TPSA) is 64.7 Å². The van der Waals surface area contributed by atoms with Crippen molar-refractivity contribution in [3.63, 3.8) is 0 Å². The van der Waals surface area contributed by atoms with Crippen molar-refractivity contribution in [2.45, 2.75) is 39.2 Å². The molecule has 2 heterocycles. The molecule has 7 heteroatoms. The van der Waals surface area contributed by atoms with Crippen molar-refractivity contribution in [2.24, 2.45) is 0 Å². The van der Waals surface area contributed by atoms with E-state index in [0.717, 1.165) is 49.3 Å². The second-order valence-electron chi connectivity index (χ2n) is 6.77. The van der Waals surface area contributed by atoms with Crippen molar-refractivity contribution in [1.82, 2.24) is 24.6 Å². The van der Waals surface area contributed by atoms with Crippen molar-refractivity contribution < 1.29 is 9.18 Å². The average molecular weight is 367 g/mol. The zero-order valence-corrected chi connectivity index (χ0v) is 15.3. The Kier molecular flexibility index (Phi) is 4.75. The Hall–Kier alpha value is -2.96. The van der Waals surface area contributed by atoms with Crippen LogP contribution in [-0.2, 0) is 19.4 Å².